The van der Waals surface area contributed by atoms with E-state index in [0.717, 1.165) is 17.0 Å². The summed E-state index contributed by atoms with van der Waals surface area (Å²) in [5.41, 5.74) is 1.04. The molecule has 3 aromatic rings. The summed E-state index contributed by atoms with van der Waals surface area (Å²) in [6, 6.07) is 13.5. The summed E-state index contributed by atoms with van der Waals surface area (Å²) in [7, 11) is 0. The Bertz CT molecular complexity index is 758. The van der Waals surface area contributed by atoms with Crippen molar-refractivity contribution in [2.75, 3.05) is 0 Å². The summed E-state index contributed by atoms with van der Waals surface area (Å²) in [5.74, 6) is -1.23. The first-order valence-electron chi connectivity index (χ1n) is 6.14. The van der Waals surface area contributed by atoms with E-state index in [2.05, 4.69) is 4.98 Å². The van der Waals surface area contributed by atoms with E-state index in [1.165, 1.54) is 12.1 Å². The Morgan fingerprint density at radius 3 is 2.75 bits per heavy atom. The summed E-state index contributed by atoms with van der Waals surface area (Å²) in [6.07, 6.45) is 1.57. The van der Waals surface area contributed by atoms with Crippen LogP contribution < -0.4 is 4.74 Å². The quantitative estimate of drug-likeness (QED) is 0.715. The average Bonchev–Trinajstić information content (AvgIpc) is 2.48. The maximum Gasteiger partial charge on any atom is 0.165 e. The second-order valence-corrected chi connectivity index (χ2v) is 4.37. The molecule has 0 spiro atoms. The topological polar surface area (TPSA) is 22.1 Å². The predicted molar refractivity (Wildman–Crippen MR) is 72.4 cm³/mol. The first kappa shape index (κ1) is 12.5. The van der Waals surface area contributed by atoms with Gasteiger partial charge in [-0.3, -0.25) is 4.98 Å². The van der Waals surface area contributed by atoms with E-state index in [9.17, 15) is 8.78 Å². The van der Waals surface area contributed by atoms with E-state index in [1.54, 1.807) is 6.20 Å². The van der Waals surface area contributed by atoms with Crippen molar-refractivity contribution in [3.8, 4) is 5.75 Å². The zero-order valence-corrected chi connectivity index (χ0v) is 10.5. The highest BCUT2D eigenvalue weighted by atomic mass is 19.2. The molecule has 3 rings (SSSR count). The lowest BCUT2D eigenvalue weighted by atomic mass is 10.2. The molecule has 0 aliphatic carbocycles. The van der Waals surface area contributed by atoms with Gasteiger partial charge in [-0.2, -0.15) is 0 Å². The van der Waals surface area contributed by atoms with E-state index >= 15 is 0 Å². The molecule has 0 bridgehead atoms. The molecule has 0 N–H and O–H groups in total. The first-order valence-corrected chi connectivity index (χ1v) is 6.14. The van der Waals surface area contributed by atoms with Crippen molar-refractivity contribution >= 4 is 10.9 Å². The van der Waals surface area contributed by atoms with Crippen LogP contribution in [0.5, 0.6) is 5.75 Å². The number of nitrogens with zero attached hydrogens (tertiary/aromatic N) is 1. The van der Waals surface area contributed by atoms with Gasteiger partial charge in [-0.05, 0) is 18.2 Å². The fourth-order valence-electron chi connectivity index (χ4n) is 1.95. The van der Waals surface area contributed by atoms with Gasteiger partial charge >= 0.3 is 0 Å². The number of halogens is 2. The number of hydrogen-bond acceptors (Lipinski definition) is 2. The van der Waals surface area contributed by atoms with E-state index in [4.69, 9.17) is 4.74 Å². The van der Waals surface area contributed by atoms with Gasteiger partial charge in [-0.1, -0.05) is 30.3 Å². The van der Waals surface area contributed by atoms with Gasteiger partial charge in [0.2, 0.25) is 0 Å². The molecule has 1 heterocycles. The summed E-state index contributed by atoms with van der Waals surface area (Å²) in [5, 5.41) is 0.935. The summed E-state index contributed by atoms with van der Waals surface area (Å²) in [6.45, 7) is -0.0381. The lowest BCUT2D eigenvalue weighted by molar-refractivity contribution is 0.296. The third kappa shape index (κ3) is 2.45. The van der Waals surface area contributed by atoms with Crippen molar-refractivity contribution in [2.24, 2.45) is 0 Å². The number of para-hydroxylation sites is 1. The maximum absolute atomic E-state index is 13.5. The number of ether oxygens (including phenoxy) is 1. The SMILES string of the molecule is Fc1cccc(COc2cnc3ccccc3c2)c1F. The first-order chi connectivity index (χ1) is 9.74. The van der Waals surface area contributed by atoms with Gasteiger partial charge in [0.05, 0.1) is 11.7 Å². The molecule has 0 atom stereocenters. The zero-order chi connectivity index (χ0) is 13.9. The minimum Gasteiger partial charge on any atom is -0.487 e. The molecule has 0 radical (unpaired) electrons. The van der Waals surface area contributed by atoms with E-state index in [-0.39, 0.29) is 12.2 Å². The van der Waals surface area contributed by atoms with Crippen molar-refractivity contribution in [1.29, 1.82) is 0 Å². The molecular formula is C16H11F2NO. The molecule has 4 heteroatoms. The van der Waals surface area contributed by atoms with Gasteiger partial charge in [0.15, 0.2) is 11.6 Å². The Labute approximate surface area is 114 Å². The van der Waals surface area contributed by atoms with Gasteiger partial charge in [0.1, 0.15) is 12.4 Å². The third-order valence-corrected chi connectivity index (χ3v) is 2.99. The monoisotopic (exact) mass is 271 g/mol. The molecule has 0 fully saturated rings. The van der Waals surface area contributed by atoms with Crippen molar-refractivity contribution in [3.63, 3.8) is 0 Å². The largest absolute Gasteiger partial charge is 0.487 e. The fraction of sp³-hybridized carbons (Fsp3) is 0.0625. The highest BCUT2D eigenvalue weighted by Crippen LogP contribution is 2.20. The molecule has 0 aliphatic heterocycles. The van der Waals surface area contributed by atoms with E-state index in [0.29, 0.717) is 5.75 Å². The summed E-state index contributed by atoms with van der Waals surface area (Å²) in [4.78, 5) is 4.24. The van der Waals surface area contributed by atoms with Crippen molar-refractivity contribution in [3.05, 3.63) is 71.9 Å². The lowest BCUT2D eigenvalue weighted by Crippen LogP contribution is -2.00. The van der Waals surface area contributed by atoms with Crippen LogP contribution in [-0.2, 0) is 6.61 Å². The Morgan fingerprint density at radius 1 is 1.00 bits per heavy atom. The summed E-state index contributed by atoms with van der Waals surface area (Å²) >= 11 is 0. The average molecular weight is 271 g/mol. The molecule has 0 unspecified atom stereocenters. The molecule has 0 saturated carbocycles. The van der Waals surface area contributed by atoms with Crippen LogP contribution >= 0.6 is 0 Å². The maximum atomic E-state index is 13.5. The van der Waals surface area contributed by atoms with Gasteiger partial charge in [-0.25, -0.2) is 8.78 Å². The molecule has 20 heavy (non-hydrogen) atoms. The smallest absolute Gasteiger partial charge is 0.165 e. The molecule has 0 amide bonds. The normalized spacial score (nSPS) is 10.7. The minimum atomic E-state index is -0.874. The van der Waals surface area contributed by atoms with Crippen LogP contribution in [0, 0.1) is 11.6 Å². The van der Waals surface area contributed by atoms with Crippen molar-refractivity contribution in [2.45, 2.75) is 6.61 Å². The molecule has 2 aromatic carbocycles. The van der Waals surface area contributed by atoms with Crippen LogP contribution in [0.15, 0.2) is 54.7 Å². The Morgan fingerprint density at radius 2 is 1.85 bits per heavy atom. The van der Waals surface area contributed by atoms with Gasteiger partial charge < -0.3 is 4.74 Å². The Balaban J connectivity index is 1.81. The second kappa shape index (κ2) is 5.25. The number of hydrogen-bond donors (Lipinski definition) is 0. The number of aromatic nitrogens is 1. The Hall–Kier alpha value is -2.49. The number of rotatable bonds is 3. The zero-order valence-electron chi connectivity index (χ0n) is 10.5. The van der Waals surface area contributed by atoms with Gasteiger partial charge in [0.25, 0.3) is 0 Å². The van der Waals surface area contributed by atoms with E-state index < -0.39 is 11.6 Å². The number of pyridine rings is 1. The highest BCUT2D eigenvalue weighted by molar-refractivity contribution is 5.79. The third-order valence-electron chi connectivity index (χ3n) is 2.99. The van der Waals surface area contributed by atoms with Crippen LogP contribution in [-0.4, -0.2) is 4.98 Å². The predicted octanol–water partition coefficient (Wildman–Crippen LogP) is 4.09. The molecule has 2 nitrogen and oxygen atoms in total. The minimum absolute atomic E-state index is 0.0381. The number of fused-ring (bicyclic) bond motifs is 1. The standard InChI is InChI=1S/C16H11F2NO/c17-14-6-3-5-12(16(14)18)10-20-13-8-11-4-1-2-7-15(11)19-9-13/h1-9H,10H2. The van der Waals surface area contributed by atoms with Crippen molar-refractivity contribution in [1.82, 2.24) is 4.98 Å². The van der Waals surface area contributed by atoms with Crippen LogP contribution in [0.3, 0.4) is 0 Å². The number of benzene rings is 2. The van der Waals surface area contributed by atoms with Crippen LogP contribution in [0.2, 0.25) is 0 Å². The molecule has 1 aromatic heterocycles. The fourth-order valence-corrected chi connectivity index (χ4v) is 1.95. The molecule has 100 valence electrons. The van der Waals surface area contributed by atoms with E-state index in [1.807, 2.05) is 30.3 Å². The highest BCUT2D eigenvalue weighted by Gasteiger charge is 2.08. The summed E-state index contributed by atoms with van der Waals surface area (Å²) < 4.78 is 32.0. The molecule has 0 aliphatic rings. The molecular weight excluding hydrogens is 260 g/mol. The van der Waals surface area contributed by atoms with Crippen LogP contribution in [0.1, 0.15) is 5.56 Å². The van der Waals surface area contributed by atoms with Crippen LogP contribution in [0.25, 0.3) is 10.9 Å². The second-order valence-electron chi connectivity index (χ2n) is 4.37. The Kier molecular flexibility index (Phi) is 3.29. The van der Waals surface area contributed by atoms with Crippen molar-refractivity contribution < 1.29 is 13.5 Å². The van der Waals surface area contributed by atoms with Gasteiger partial charge in [0, 0.05) is 10.9 Å². The lowest BCUT2D eigenvalue weighted by Gasteiger charge is -2.08. The van der Waals surface area contributed by atoms with Crippen LogP contribution in [0.4, 0.5) is 8.78 Å². The van der Waals surface area contributed by atoms with Gasteiger partial charge in [-0.15, -0.1) is 0 Å². The molecule has 0 saturated heterocycles.